The van der Waals surface area contributed by atoms with Crippen LogP contribution in [0.1, 0.15) is 5.56 Å². The first kappa shape index (κ1) is 7.85. The van der Waals surface area contributed by atoms with Crippen LogP contribution in [0.2, 0.25) is 0 Å². The number of aromatic nitrogens is 1. The number of aryl methyl sites for hydroxylation is 1. The third-order valence-corrected chi connectivity index (χ3v) is 2.92. The summed E-state index contributed by atoms with van der Waals surface area (Å²) in [6.45, 7) is 1.98. The molecule has 0 spiro atoms. The molecule has 0 aliphatic rings. The molecule has 0 saturated carbocycles. The molecule has 1 heterocycles. The van der Waals surface area contributed by atoms with E-state index in [-0.39, 0.29) is 5.56 Å². The van der Waals surface area contributed by atoms with Gasteiger partial charge in [0.15, 0.2) is 5.58 Å². The summed E-state index contributed by atoms with van der Waals surface area (Å²) in [4.78, 5) is 11.1. The van der Waals surface area contributed by atoms with Crippen molar-refractivity contribution in [1.29, 1.82) is 0 Å². The molecule has 0 bridgehead atoms. The Bertz CT molecular complexity index is 483. The van der Waals surface area contributed by atoms with Gasteiger partial charge in [-0.3, -0.25) is 4.79 Å². The van der Waals surface area contributed by atoms with Crippen molar-refractivity contribution in [3.8, 4) is 0 Å². The normalized spacial score (nSPS) is 10.8. The quantitative estimate of drug-likeness (QED) is 0.748. The molecule has 4 heteroatoms. The Hall–Kier alpha value is -0.780. The number of hydrogen-bond donors (Lipinski definition) is 1. The molecular formula is C8H6INO2. The maximum Gasteiger partial charge on any atom is 0.287 e. The van der Waals surface area contributed by atoms with E-state index in [2.05, 4.69) is 27.7 Å². The van der Waals surface area contributed by atoms with E-state index < -0.39 is 0 Å². The average Bonchev–Trinajstić information content (AvgIpc) is 2.35. The van der Waals surface area contributed by atoms with Gasteiger partial charge in [-0.05, 0) is 47.2 Å². The molecule has 0 aliphatic carbocycles. The zero-order chi connectivity index (χ0) is 8.72. The molecule has 0 saturated heterocycles. The van der Waals surface area contributed by atoms with Crippen LogP contribution in [-0.4, -0.2) is 5.16 Å². The Balaban J connectivity index is 2.97. The van der Waals surface area contributed by atoms with E-state index in [1.807, 2.05) is 19.1 Å². The SMILES string of the molecule is Cc1cc2o[nH]c(=O)c2cc1I. The van der Waals surface area contributed by atoms with Gasteiger partial charge in [0.2, 0.25) is 0 Å². The Kier molecular flexibility index (Phi) is 1.71. The maximum atomic E-state index is 11.1. The second-order valence-corrected chi connectivity index (χ2v) is 3.79. The highest BCUT2D eigenvalue weighted by molar-refractivity contribution is 14.1. The Morgan fingerprint density at radius 1 is 1.50 bits per heavy atom. The lowest BCUT2D eigenvalue weighted by Gasteiger charge is -1.94. The summed E-state index contributed by atoms with van der Waals surface area (Å²) in [7, 11) is 0. The fourth-order valence-corrected chi connectivity index (χ4v) is 1.54. The van der Waals surface area contributed by atoms with E-state index in [4.69, 9.17) is 4.52 Å². The fraction of sp³-hybridized carbons (Fsp3) is 0.125. The van der Waals surface area contributed by atoms with Crippen molar-refractivity contribution < 1.29 is 4.52 Å². The number of benzene rings is 1. The Morgan fingerprint density at radius 2 is 2.25 bits per heavy atom. The first-order chi connectivity index (χ1) is 5.68. The summed E-state index contributed by atoms with van der Waals surface area (Å²) in [5.74, 6) is 0. The van der Waals surface area contributed by atoms with Crippen molar-refractivity contribution in [1.82, 2.24) is 5.16 Å². The lowest BCUT2D eigenvalue weighted by Crippen LogP contribution is -1.96. The number of fused-ring (bicyclic) bond motifs is 1. The molecule has 0 amide bonds. The second kappa shape index (κ2) is 2.62. The summed E-state index contributed by atoms with van der Waals surface area (Å²) in [5.41, 5.74) is 1.58. The predicted octanol–water partition coefficient (Wildman–Crippen LogP) is 2.03. The van der Waals surface area contributed by atoms with Gasteiger partial charge in [0.25, 0.3) is 5.56 Å². The zero-order valence-corrected chi connectivity index (χ0v) is 8.51. The van der Waals surface area contributed by atoms with Crippen molar-refractivity contribution in [3.05, 3.63) is 31.6 Å². The summed E-state index contributed by atoms with van der Waals surface area (Å²) >= 11 is 2.19. The molecule has 0 fully saturated rings. The number of aromatic amines is 1. The minimum absolute atomic E-state index is 0.164. The monoisotopic (exact) mass is 275 g/mol. The average molecular weight is 275 g/mol. The second-order valence-electron chi connectivity index (χ2n) is 2.63. The van der Waals surface area contributed by atoms with Crippen molar-refractivity contribution in [2.24, 2.45) is 0 Å². The van der Waals surface area contributed by atoms with Crippen LogP contribution in [0.4, 0.5) is 0 Å². The number of hydrogen-bond acceptors (Lipinski definition) is 2. The molecule has 1 N–H and O–H groups in total. The first-order valence-corrected chi connectivity index (χ1v) is 4.53. The Labute approximate surface area is 81.9 Å². The van der Waals surface area contributed by atoms with Crippen LogP contribution in [0.5, 0.6) is 0 Å². The third kappa shape index (κ3) is 1.06. The largest absolute Gasteiger partial charge is 0.378 e. The van der Waals surface area contributed by atoms with Gasteiger partial charge in [-0.15, -0.1) is 0 Å². The third-order valence-electron chi connectivity index (χ3n) is 1.76. The van der Waals surface area contributed by atoms with Crippen LogP contribution < -0.4 is 5.56 Å². The summed E-state index contributed by atoms with van der Waals surface area (Å²) < 4.78 is 6.02. The van der Waals surface area contributed by atoms with Crippen LogP contribution in [0, 0.1) is 10.5 Å². The smallest absolute Gasteiger partial charge is 0.287 e. The number of halogens is 1. The van der Waals surface area contributed by atoms with Crippen molar-refractivity contribution >= 4 is 33.6 Å². The van der Waals surface area contributed by atoms with Crippen molar-refractivity contribution in [2.45, 2.75) is 6.92 Å². The van der Waals surface area contributed by atoms with Crippen molar-refractivity contribution in [2.75, 3.05) is 0 Å². The minimum Gasteiger partial charge on any atom is -0.378 e. The van der Waals surface area contributed by atoms with Gasteiger partial charge in [-0.2, -0.15) is 5.16 Å². The molecule has 62 valence electrons. The van der Waals surface area contributed by atoms with Crippen molar-refractivity contribution in [3.63, 3.8) is 0 Å². The van der Waals surface area contributed by atoms with E-state index in [9.17, 15) is 4.79 Å². The van der Waals surface area contributed by atoms with Gasteiger partial charge in [0.1, 0.15) is 0 Å². The topological polar surface area (TPSA) is 46.0 Å². The molecule has 2 aromatic rings. The number of H-pyrrole nitrogens is 1. The molecule has 12 heavy (non-hydrogen) atoms. The number of nitrogens with one attached hydrogen (secondary N) is 1. The molecule has 2 rings (SSSR count). The minimum atomic E-state index is -0.164. The van der Waals surface area contributed by atoms with Crippen LogP contribution in [0.25, 0.3) is 11.0 Å². The fourth-order valence-electron chi connectivity index (χ4n) is 1.07. The maximum absolute atomic E-state index is 11.1. The molecule has 1 aromatic carbocycles. The lowest BCUT2D eigenvalue weighted by molar-refractivity contribution is 0.449. The molecule has 0 atom stereocenters. The summed E-state index contributed by atoms with van der Waals surface area (Å²) in [5, 5.41) is 2.91. The molecule has 1 aromatic heterocycles. The van der Waals surface area contributed by atoms with Gasteiger partial charge in [-0.25, -0.2) is 0 Å². The van der Waals surface area contributed by atoms with E-state index in [1.54, 1.807) is 0 Å². The molecule has 0 unspecified atom stereocenters. The van der Waals surface area contributed by atoms with Crippen LogP contribution >= 0.6 is 22.6 Å². The summed E-state index contributed by atoms with van der Waals surface area (Å²) in [6.07, 6.45) is 0. The van der Waals surface area contributed by atoms with Gasteiger partial charge in [-0.1, -0.05) is 0 Å². The van der Waals surface area contributed by atoms with Gasteiger partial charge < -0.3 is 4.52 Å². The van der Waals surface area contributed by atoms with E-state index in [0.29, 0.717) is 11.0 Å². The van der Waals surface area contributed by atoms with Crippen LogP contribution in [0.15, 0.2) is 21.5 Å². The lowest BCUT2D eigenvalue weighted by atomic mass is 10.2. The van der Waals surface area contributed by atoms with Crippen LogP contribution in [0.3, 0.4) is 0 Å². The van der Waals surface area contributed by atoms with Gasteiger partial charge in [0.05, 0.1) is 5.39 Å². The van der Waals surface area contributed by atoms with Crippen LogP contribution in [-0.2, 0) is 0 Å². The highest BCUT2D eigenvalue weighted by Crippen LogP contribution is 2.17. The van der Waals surface area contributed by atoms with Gasteiger partial charge >= 0.3 is 0 Å². The molecule has 3 nitrogen and oxygen atoms in total. The molecular weight excluding hydrogens is 269 g/mol. The standard InChI is InChI=1S/C8H6INO2/c1-4-2-7-5(3-6(4)9)8(11)10-12-7/h2-3H,1H3,(H,10,11). The highest BCUT2D eigenvalue weighted by atomic mass is 127. The summed E-state index contributed by atoms with van der Waals surface area (Å²) in [6, 6.07) is 3.68. The predicted molar refractivity (Wildman–Crippen MR) is 54.3 cm³/mol. The van der Waals surface area contributed by atoms with E-state index >= 15 is 0 Å². The highest BCUT2D eigenvalue weighted by Gasteiger charge is 2.05. The first-order valence-electron chi connectivity index (χ1n) is 3.46. The van der Waals surface area contributed by atoms with E-state index in [0.717, 1.165) is 9.13 Å². The Morgan fingerprint density at radius 3 is 3.00 bits per heavy atom. The van der Waals surface area contributed by atoms with Gasteiger partial charge in [0, 0.05) is 3.57 Å². The van der Waals surface area contributed by atoms with E-state index in [1.165, 1.54) is 0 Å². The molecule has 0 aliphatic heterocycles. The zero-order valence-electron chi connectivity index (χ0n) is 6.35. The molecule has 0 radical (unpaired) electrons. The number of rotatable bonds is 0.